The van der Waals surface area contributed by atoms with Crippen molar-refractivity contribution in [2.75, 3.05) is 18.1 Å². The third kappa shape index (κ3) is 5.24. The molecule has 0 bridgehead atoms. The van der Waals surface area contributed by atoms with Gasteiger partial charge in [0.2, 0.25) is 0 Å². The van der Waals surface area contributed by atoms with Crippen LogP contribution < -0.4 is 5.32 Å². The van der Waals surface area contributed by atoms with Gasteiger partial charge in [0, 0.05) is 6.04 Å². The van der Waals surface area contributed by atoms with Crippen molar-refractivity contribution in [2.45, 2.75) is 71.3 Å². The van der Waals surface area contributed by atoms with E-state index in [0.717, 1.165) is 37.6 Å². The maximum absolute atomic E-state index is 11.7. The van der Waals surface area contributed by atoms with Crippen molar-refractivity contribution >= 4 is 9.84 Å². The third-order valence-electron chi connectivity index (χ3n) is 5.61. The average molecular weight is 316 g/mol. The van der Waals surface area contributed by atoms with Crippen molar-refractivity contribution in [3.8, 4) is 0 Å². The van der Waals surface area contributed by atoms with Crippen molar-refractivity contribution in [3.63, 3.8) is 0 Å². The summed E-state index contributed by atoms with van der Waals surface area (Å²) in [5.74, 6) is 2.94. The molecule has 1 aliphatic heterocycles. The van der Waals surface area contributed by atoms with Crippen molar-refractivity contribution in [2.24, 2.45) is 17.8 Å². The molecule has 0 aromatic carbocycles. The molecule has 2 atom stereocenters. The van der Waals surface area contributed by atoms with Crippen LogP contribution in [0, 0.1) is 17.8 Å². The number of hydrogen-bond acceptors (Lipinski definition) is 3. The highest BCUT2D eigenvalue weighted by molar-refractivity contribution is 7.91. The van der Waals surface area contributed by atoms with Gasteiger partial charge in [0.1, 0.15) is 0 Å². The van der Waals surface area contributed by atoms with E-state index in [2.05, 4.69) is 19.2 Å². The summed E-state index contributed by atoms with van der Waals surface area (Å²) in [5, 5.41) is 3.73. The van der Waals surface area contributed by atoms with Crippen LogP contribution in [0.25, 0.3) is 0 Å². The van der Waals surface area contributed by atoms with E-state index in [9.17, 15) is 8.42 Å². The monoisotopic (exact) mass is 315 g/mol. The van der Waals surface area contributed by atoms with Gasteiger partial charge in [0.15, 0.2) is 9.84 Å². The minimum atomic E-state index is -2.73. The Balaban J connectivity index is 1.88. The minimum absolute atomic E-state index is 0.397. The van der Waals surface area contributed by atoms with Crippen LogP contribution in [-0.2, 0) is 9.84 Å². The summed E-state index contributed by atoms with van der Waals surface area (Å²) in [6.45, 7) is 5.58. The van der Waals surface area contributed by atoms with Gasteiger partial charge in [-0.1, -0.05) is 33.1 Å². The molecule has 0 spiro atoms. The van der Waals surface area contributed by atoms with E-state index in [4.69, 9.17) is 0 Å². The van der Waals surface area contributed by atoms with Crippen LogP contribution in [0.4, 0.5) is 0 Å². The Morgan fingerprint density at radius 2 is 1.76 bits per heavy atom. The fourth-order valence-electron chi connectivity index (χ4n) is 4.19. The molecule has 1 heterocycles. The molecule has 2 rings (SSSR count). The first-order valence-electron chi connectivity index (χ1n) is 8.97. The van der Waals surface area contributed by atoms with Crippen molar-refractivity contribution in [1.82, 2.24) is 5.32 Å². The zero-order valence-electron chi connectivity index (χ0n) is 13.8. The summed E-state index contributed by atoms with van der Waals surface area (Å²) < 4.78 is 23.3. The second-order valence-corrected chi connectivity index (χ2v) is 9.48. The molecule has 2 fully saturated rings. The average Bonchev–Trinajstić information content (AvgIpc) is 2.82. The fourth-order valence-corrected chi connectivity index (χ4v) is 6.07. The van der Waals surface area contributed by atoms with Gasteiger partial charge in [-0.3, -0.25) is 0 Å². The second-order valence-electron chi connectivity index (χ2n) is 7.25. The molecule has 1 saturated carbocycles. The highest BCUT2D eigenvalue weighted by Gasteiger charge is 2.33. The standard InChI is InChI=1S/C17H33NO2S/c1-3-10-18-17(12-15-9-11-21(19,20)13-15)16-7-5-14(4-2)6-8-16/h14-18H,3-13H2,1-2H3. The van der Waals surface area contributed by atoms with Crippen LogP contribution in [0.15, 0.2) is 0 Å². The Kier molecular flexibility index (Phi) is 6.54. The molecule has 1 N–H and O–H groups in total. The summed E-state index contributed by atoms with van der Waals surface area (Å²) in [4.78, 5) is 0. The van der Waals surface area contributed by atoms with Crippen LogP contribution in [0.1, 0.15) is 65.2 Å². The predicted molar refractivity (Wildman–Crippen MR) is 89.2 cm³/mol. The number of nitrogens with one attached hydrogen (secondary N) is 1. The highest BCUT2D eigenvalue weighted by atomic mass is 32.2. The largest absolute Gasteiger partial charge is 0.314 e. The first-order valence-corrected chi connectivity index (χ1v) is 10.8. The van der Waals surface area contributed by atoms with Crippen LogP contribution in [-0.4, -0.2) is 32.5 Å². The molecule has 0 aromatic rings. The van der Waals surface area contributed by atoms with Crippen LogP contribution >= 0.6 is 0 Å². The van der Waals surface area contributed by atoms with Gasteiger partial charge in [0.05, 0.1) is 11.5 Å². The number of sulfone groups is 1. The zero-order chi connectivity index (χ0) is 15.3. The lowest BCUT2D eigenvalue weighted by molar-refractivity contribution is 0.199. The highest BCUT2D eigenvalue weighted by Crippen LogP contribution is 2.35. The first kappa shape index (κ1) is 17.3. The summed E-state index contributed by atoms with van der Waals surface area (Å²) >= 11 is 0. The molecule has 21 heavy (non-hydrogen) atoms. The van der Waals surface area contributed by atoms with Gasteiger partial charge in [0.25, 0.3) is 0 Å². The third-order valence-corrected chi connectivity index (χ3v) is 7.45. The smallest absolute Gasteiger partial charge is 0.150 e. The van der Waals surface area contributed by atoms with Crippen molar-refractivity contribution in [1.29, 1.82) is 0 Å². The summed E-state index contributed by atoms with van der Waals surface area (Å²) in [6.07, 6.45) is 9.84. The maximum atomic E-state index is 11.7. The van der Waals surface area contributed by atoms with Gasteiger partial charge in [-0.25, -0.2) is 8.42 Å². The fraction of sp³-hybridized carbons (Fsp3) is 1.00. The van der Waals surface area contributed by atoms with E-state index >= 15 is 0 Å². The molecule has 0 amide bonds. The topological polar surface area (TPSA) is 46.2 Å². The molecular weight excluding hydrogens is 282 g/mol. The molecular formula is C17H33NO2S. The quantitative estimate of drug-likeness (QED) is 0.783. The van der Waals surface area contributed by atoms with Crippen LogP contribution in [0.2, 0.25) is 0 Å². The molecule has 0 radical (unpaired) electrons. The lowest BCUT2D eigenvalue weighted by Gasteiger charge is -2.35. The molecule has 4 heteroatoms. The number of rotatable bonds is 7. The van der Waals surface area contributed by atoms with Gasteiger partial charge in [-0.2, -0.15) is 0 Å². The van der Waals surface area contributed by atoms with Crippen LogP contribution in [0.3, 0.4) is 0 Å². The predicted octanol–water partition coefficient (Wildman–Crippen LogP) is 3.40. The number of hydrogen-bond donors (Lipinski definition) is 1. The molecule has 0 aromatic heterocycles. The van der Waals surface area contributed by atoms with E-state index in [1.165, 1.54) is 32.1 Å². The maximum Gasteiger partial charge on any atom is 0.150 e. The van der Waals surface area contributed by atoms with Crippen molar-refractivity contribution in [3.05, 3.63) is 0 Å². The Hall–Kier alpha value is -0.0900. The van der Waals surface area contributed by atoms with Gasteiger partial charge >= 0.3 is 0 Å². The summed E-state index contributed by atoms with van der Waals surface area (Å²) in [5.41, 5.74) is 0. The molecule has 2 unspecified atom stereocenters. The van der Waals surface area contributed by atoms with E-state index in [0.29, 0.717) is 23.5 Å². The first-order chi connectivity index (χ1) is 10.0. The molecule has 3 nitrogen and oxygen atoms in total. The molecule has 124 valence electrons. The molecule has 2 aliphatic rings. The normalized spacial score (nSPS) is 33.9. The minimum Gasteiger partial charge on any atom is -0.314 e. The Bertz CT molecular complexity index is 399. The summed E-state index contributed by atoms with van der Waals surface area (Å²) in [6, 6.07) is 0.543. The lowest BCUT2D eigenvalue weighted by Crippen LogP contribution is -2.40. The zero-order valence-corrected chi connectivity index (χ0v) is 14.6. The van der Waals surface area contributed by atoms with E-state index in [-0.39, 0.29) is 0 Å². The lowest BCUT2D eigenvalue weighted by atomic mass is 9.75. The summed E-state index contributed by atoms with van der Waals surface area (Å²) in [7, 11) is -2.73. The Morgan fingerprint density at radius 3 is 2.29 bits per heavy atom. The SMILES string of the molecule is CCCNC(CC1CCS(=O)(=O)C1)C1CCC(CC)CC1. The van der Waals surface area contributed by atoms with Gasteiger partial charge < -0.3 is 5.32 Å². The second kappa shape index (κ2) is 7.96. The Morgan fingerprint density at radius 1 is 1.05 bits per heavy atom. The molecule has 1 saturated heterocycles. The van der Waals surface area contributed by atoms with Gasteiger partial charge in [-0.05, 0) is 56.4 Å². The van der Waals surface area contributed by atoms with E-state index in [1.54, 1.807) is 0 Å². The molecule has 1 aliphatic carbocycles. The van der Waals surface area contributed by atoms with Crippen molar-refractivity contribution < 1.29 is 8.42 Å². The van der Waals surface area contributed by atoms with Gasteiger partial charge in [-0.15, -0.1) is 0 Å². The van der Waals surface area contributed by atoms with E-state index in [1.807, 2.05) is 0 Å². The van der Waals surface area contributed by atoms with E-state index < -0.39 is 9.84 Å². The van der Waals surface area contributed by atoms with Crippen LogP contribution in [0.5, 0.6) is 0 Å². The Labute approximate surface area is 131 Å².